The van der Waals surface area contributed by atoms with Crippen molar-refractivity contribution >= 4 is 29.8 Å². The number of ketones is 1. The van der Waals surface area contributed by atoms with Crippen LogP contribution in [0.15, 0.2) is 48.5 Å². The molecule has 1 saturated heterocycles. The molecule has 0 amide bonds. The van der Waals surface area contributed by atoms with Crippen LogP contribution in [-0.4, -0.2) is 41.4 Å². The molecule has 3 unspecified atom stereocenters. The highest BCUT2D eigenvalue weighted by molar-refractivity contribution is 6.20. The smallest absolute Gasteiger partial charge is 0.191 e. The topological polar surface area (TPSA) is 55.6 Å². The van der Waals surface area contributed by atoms with Gasteiger partial charge in [-0.1, -0.05) is 66.1 Å². The fraction of sp³-hybridized carbons (Fsp3) is 0.480. The summed E-state index contributed by atoms with van der Waals surface area (Å²) in [7, 11) is 0. The van der Waals surface area contributed by atoms with Crippen molar-refractivity contribution in [2.24, 2.45) is 5.73 Å². The molecular formula is C25H34Cl2N2O2. The zero-order chi connectivity index (χ0) is 21.5. The third kappa shape index (κ3) is 7.58. The maximum atomic E-state index is 13.2. The Balaban J connectivity index is 0.00000341. The van der Waals surface area contributed by atoms with Crippen LogP contribution in [0.25, 0.3) is 0 Å². The number of piperidine rings is 1. The molecule has 0 spiro atoms. The Morgan fingerprint density at radius 2 is 1.68 bits per heavy atom. The molecule has 1 aliphatic heterocycles. The highest BCUT2D eigenvalue weighted by Crippen LogP contribution is 2.21. The lowest BCUT2D eigenvalue weighted by Gasteiger charge is -2.35. The zero-order valence-electron chi connectivity index (χ0n) is 18.4. The van der Waals surface area contributed by atoms with E-state index in [1.807, 2.05) is 30.3 Å². The van der Waals surface area contributed by atoms with Gasteiger partial charge in [-0.3, -0.25) is 9.69 Å². The SMILES string of the molecule is Cc1cc(C)cc(COC(CC(N)C(Cl)N2CCCCC2)C(=O)c2ccccc2)c1.Cl. The molecule has 3 atom stereocenters. The van der Waals surface area contributed by atoms with Crippen molar-refractivity contribution in [1.82, 2.24) is 4.90 Å². The number of halogens is 2. The second-order valence-corrected chi connectivity index (χ2v) is 8.84. The number of Topliss-reactive ketones (excluding diaryl/α,β-unsaturated/α-hetero) is 1. The number of carbonyl (C=O) groups excluding carboxylic acids is 1. The van der Waals surface area contributed by atoms with Crippen LogP contribution in [-0.2, 0) is 11.3 Å². The van der Waals surface area contributed by atoms with Gasteiger partial charge in [0.05, 0.1) is 6.61 Å². The standard InChI is InChI=1S/C25H33ClN2O2.ClH/c1-18-13-19(2)15-20(14-18)17-30-23(24(29)21-9-5-3-6-10-21)16-22(27)25(26)28-11-7-4-8-12-28;/h3,5-6,9-10,13-15,22-23,25H,4,7-8,11-12,16-17,27H2,1-2H3;1H. The molecule has 6 heteroatoms. The van der Waals surface area contributed by atoms with E-state index in [0.29, 0.717) is 18.6 Å². The van der Waals surface area contributed by atoms with Crippen LogP contribution in [0.5, 0.6) is 0 Å². The number of aryl methyl sites for hydroxylation is 2. The van der Waals surface area contributed by atoms with E-state index in [1.165, 1.54) is 17.5 Å². The molecule has 0 aliphatic carbocycles. The van der Waals surface area contributed by atoms with Crippen LogP contribution in [0.1, 0.15) is 52.7 Å². The second kappa shape index (κ2) is 12.6. The number of rotatable bonds is 9. The molecule has 1 fully saturated rings. The van der Waals surface area contributed by atoms with E-state index < -0.39 is 6.10 Å². The predicted molar refractivity (Wildman–Crippen MR) is 130 cm³/mol. The van der Waals surface area contributed by atoms with Gasteiger partial charge < -0.3 is 10.5 Å². The Labute approximate surface area is 197 Å². The van der Waals surface area contributed by atoms with Gasteiger partial charge in [-0.2, -0.15) is 0 Å². The Morgan fingerprint density at radius 3 is 2.29 bits per heavy atom. The molecule has 3 rings (SSSR count). The summed E-state index contributed by atoms with van der Waals surface area (Å²) in [6, 6.07) is 15.2. The van der Waals surface area contributed by atoms with Gasteiger partial charge in [0, 0.05) is 11.6 Å². The van der Waals surface area contributed by atoms with Gasteiger partial charge in [-0.25, -0.2) is 0 Å². The lowest BCUT2D eigenvalue weighted by Crippen LogP contribution is -2.48. The minimum absolute atomic E-state index is 0. The van der Waals surface area contributed by atoms with E-state index >= 15 is 0 Å². The molecule has 1 heterocycles. The van der Waals surface area contributed by atoms with Crippen LogP contribution in [0.2, 0.25) is 0 Å². The number of alkyl halides is 1. The van der Waals surface area contributed by atoms with E-state index in [2.05, 4.69) is 36.9 Å². The molecule has 4 nitrogen and oxygen atoms in total. The van der Waals surface area contributed by atoms with Gasteiger partial charge in [-0.05, 0) is 51.8 Å². The molecule has 31 heavy (non-hydrogen) atoms. The average Bonchev–Trinajstić information content (AvgIpc) is 2.76. The molecular weight excluding hydrogens is 431 g/mol. The van der Waals surface area contributed by atoms with E-state index in [4.69, 9.17) is 22.1 Å². The minimum atomic E-state index is -0.630. The molecule has 0 saturated carbocycles. The van der Waals surface area contributed by atoms with Crippen molar-refractivity contribution < 1.29 is 9.53 Å². The van der Waals surface area contributed by atoms with Gasteiger partial charge in [0.2, 0.25) is 0 Å². The molecule has 0 radical (unpaired) electrons. The first-order chi connectivity index (χ1) is 14.4. The molecule has 170 valence electrons. The van der Waals surface area contributed by atoms with Gasteiger partial charge in [0.15, 0.2) is 5.78 Å². The monoisotopic (exact) mass is 464 g/mol. The number of carbonyl (C=O) groups is 1. The summed E-state index contributed by atoms with van der Waals surface area (Å²) >= 11 is 6.70. The van der Waals surface area contributed by atoms with E-state index in [-0.39, 0.29) is 29.7 Å². The van der Waals surface area contributed by atoms with Crippen molar-refractivity contribution in [2.45, 2.75) is 63.8 Å². The van der Waals surface area contributed by atoms with Crippen molar-refractivity contribution in [3.05, 3.63) is 70.8 Å². The van der Waals surface area contributed by atoms with Gasteiger partial charge in [-0.15, -0.1) is 24.0 Å². The largest absolute Gasteiger partial charge is 0.365 e. The average molecular weight is 465 g/mol. The maximum absolute atomic E-state index is 13.2. The van der Waals surface area contributed by atoms with Crippen molar-refractivity contribution in [2.75, 3.05) is 13.1 Å². The third-order valence-electron chi connectivity index (χ3n) is 5.66. The first kappa shape index (κ1) is 25.8. The molecule has 1 aliphatic rings. The summed E-state index contributed by atoms with van der Waals surface area (Å²) in [6.07, 6.45) is 3.29. The molecule has 2 N–H and O–H groups in total. The number of nitrogens with two attached hydrogens (primary N) is 1. The van der Waals surface area contributed by atoms with Crippen LogP contribution in [0, 0.1) is 13.8 Å². The van der Waals surface area contributed by atoms with E-state index in [9.17, 15) is 4.79 Å². The summed E-state index contributed by atoms with van der Waals surface area (Å²) in [5.41, 5.74) is 10.2. The molecule has 0 bridgehead atoms. The van der Waals surface area contributed by atoms with Gasteiger partial charge in [0.1, 0.15) is 11.6 Å². The Hall–Kier alpha value is -1.43. The van der Waals surface area contributed by atoms with Crippen molar-refractivity contribution in [3.8, 4) is 0 Å². The quantitative estimate of drug-likeness (QED) is 0.312. The summed E-state index contributed by atoms with van der Waals surface area (Å²) in [6.45, 7) is 6.42. The highest BCUT2D eigenvalue weighted by atomic mass is 35.5. The highest BCUT2D eigenvalue weighted by Gasteiger charge is 2.30. The Bertz CT molecular complexity index is 805. The fourth-order valence-corrected chi connectivity index (χ4v) is 4.48. The van der Waals surface area contributed by atoms with Crippen LogP contribution < -0.4 is 5.73 Å². The van der Waals surface area contributed by atoms with Crippen LogP contribution in [0.3, 0.4) is 0 Å². The summed E-state index contributed by atoms with van der Waals surface area (Å²) < 4.78 is 6.16. The predicted octanol–water partition coefficient (Wildman–Crippen LogP) is 5.26. The fourth-order valence-electron chi connectivity index (χ4n) is 4.18. The van der Waals surface area contributed by atoms with Crippen LogP contribution in [0.4, 0.5) is 0 Å². The van der Waals surface area contributed by atoms with Gasteiger partial charge >= 0.3 is 0 Å². The number of benzene rings is 2. The molecule has 2 aromatic rings. The number of likely N-dealkylation sites (tertiary alicyclic amines) is 1. The summed E-state index contributed by atoms with van der Waals surface area (Å²) in [5, 5.41) is 0. The Morgan fingerprint density at radius 1 is 1.06 bits per heavy atom. The summed E-state index contributed by atoms with van der Waals surface area (Å²) in [4.78, 5) is 15.4. The number of hydrogen-bond acceptors (Lipinski definition) is 4. The third-order valence-corrected chi connectivity index (χ3v) is 6.26. The van der Waals surface area contributed by atoms with Crippen LogP contribution >= 0.6 is 24.0 Å². The number of nitrogens with zero attached hydrogens (tertiary/aromatic N) is 1. The zero-order valence-corrected chi connectivity index (χ0v) is 20.0. The van der Waals surface area contributed by atoms with Crippen molar-refractivity contribution in [3.63, 3.8) is 0 Å². The van der Waals surface area contributed by atoms with E-state index in [1.54, 1.807) is 0 Å². The first-order valence-corrected chi connectivity index (χ1v) is 11.3. The van der Waals surface area contributed by atoms with Gasteiger partial charge in [0.25, 0.3) is 0 Å². The minimum Gasteiger partial charge on any atom is -0.365 e. The Kier molecular flexibility index (Phi) is 10.5. The van der Waals surface area contributed by atoms with Crippen molar-refractivity contribution in [1.29, 1.82) is 0 Å². The molecule has 2 aromatic carbocycles. The lowest BCUT2D eigenvalue weighted by atomic mass is 9.99. The number of ether oxygens (including phenoxy) is 1. The second-order valence-electron chi connectivity index (χ2n) is 8.39. The number of hydrogen-bond donors (Lipinski definition) is 1. The normalized spacial score (nSPS) is 17.4. The van der Waals surface area contributed by atoms with E-state index in [0.717, 1.165) is 31.5 Å². The summed E-state index contributed by atoms with van der Waals surface area (Å²) in [5.74, 6) is -0.0436. The lowest BCUT2D eigenvalue weighted by molar-refractivity contribution is 0.0249. The molecule has 0 aromatic heterocycles. The first-order valence-electron chi connectivity index (χ1n) is 10.9. The maximum Gasteiger partial charge on any atom is 0.191 e.